The van der Waals surface area contributed by atoms with Gasteiger partial charge in [0, 0.05) is 4.75 Å². The van der Waals surface area contributed by atoms with Crippen LogP contribution >= 0.6 is 11.8 Å². The highest BCUT2D eigenvalue weighted by molar-refractivity contribution is 8.14. The van der Waals surface area contributed by atoms with E-state index in [9.17, 15) is 9.90 Å². The second-order valence-electron chi connectivity index (χ2n) is 5.07. The van der Waals surface area contributed by atoms with E-state index < -0.39 is 6.10 Å². The molecule has 1 rings (SSSR count). The topological polar surface area (TPSA) is 37.3 Å². The molecule has 0 aliphatic rings. The normalized spacial score (nSPS) is 13.4. The summed E-state index contributed by atoms with van der Waals surface area (Å²) in [5, 5.41) is 9.64. The summed E-state index contributed by atoms with van der Waals surface area (Å²) in [5.41, 5.74) is 1.15. The van der Waals surface area contributed by atoms with Crippen LogP contribution in [0.4, 0.5) is 0 Å². The molecule has 0 aliphatic carbocycles. The van der Waals surface area contributed by atoms with Crippen LogP contribution in [0, 0.1) is 0 Å². The largest absolute Gasteiger partial charge is 0.384 e. The van der Waals surface area contributed by atoms with Gasteiger partial charge in [0.05, 0.1) is 0 Å². The van der Waals surface area contributed by atoms with E-state index in [1.165, 1.54) is 11.8 Å². The van der Waals surface area contributed by atoms with Gasteiger partial charge in [0.25, 0.3) is 0 Å². The predicted octanol–water partition coefficient (Wildman–Crippen LogP) is 3.04. The summed E-state index contributed by atoms with van der Waals surface area (Å²) in [4.78, 5) is 11.7. The molecule has 1 unspecified atom stereocenters. The van der Waals surface area contributed by atoms with Crippen molar-refractivity contribution in [2.24, 2.45) is 0 Å². The maximum absolute atomic E-state index is 11.7. The highest BCUT2D eigenvalue weighted by Gasteiger charge is 2.22. The number of hydrogen-bond donors (Lipinski definition) is 1. The minimum Gasteiger partial charge on any atom is -0.384 e. The standard InChI is InChI=1S/C14H20O2S/c1-14(2,3)17-13(16)12(15)10-9-11-7-5-4-6-8-11/h4-8,12,15H,9-10H2,1-3H3. The Morgan fingerprint density at radius 1 is 1.29 bits per heavy atom. The zero-order valence-electron chi connectivity index (χ0n) is 10.6. The van der Waals surface area contributed by atoms with Crippen molar-refractivity contribution >= 4 is 16.9 Å². The number of carbonyl (C=O) groups excluding carboxylic acids is 1. The fourth-order valence-electron chi connectivity index (χ4n) is 1.44. The Hall–Kier alpha value is -0.800. The quantitative estimate of drug-likeness (QED) is 0.895. The number of aryl methyl sites for hydroxylation is 1. The number of carbonyl (C=O) groups is 1. The van der Waals surface area contributed by atoms with Crippen LogP contribution in [0.3, 0.4) is 0 Å². The molecular weight excluding hydrogens is 232 g/mol. The first-order valence-corrected chi connectivity index (χ1v) is 6.65. The van der Waals surface area contributed by atoms with E-state index >= 15 is 0 Å². The van der Waals surface area contributed by atoms with Crippen LogP contribution in [0.1, 0.15) is 32.8 Å². The van der Waals surface area contributed by atoms with Crippen molar-refractivity contribution in [3.05, 3.63) is 35.9 Å². The summed E-state index contributed by atoms with van der Waals surface area (Å²) in [5.74, 6) is 0. The van der Waals surface area contributed by atoms with Crippen LogP contribution in [-0.2, 0) is 11.2 Å². The van der Waals surface area contributed by atoms with E-state index in [-0.39, 0.29) is 9.86 Å². The van der Waals surface area contributed by atoms with Gasteiger partial charge in [0.15, 0.2) is 0 Å². The van der Waals surface area contributed by atoms with Gasteiger partial charge in [-0.25, -0.2) is 0 Å². The van der Waals surface area contributed by atoms with Gasteiger partial charge >= 0.3 is 0 Å². The molecule has 17 heavy (non-hydrogen) atoms. The minimum atomic E-state index is -0.862. The van der Waals surface area contributed by atoms with Crippen molar-refractivity contribution in [1.29, 1.82) is 0 Å². The Labute approximate surface area is 107 Å². The van der Waals surface area contributed by atoms with Crippen LogP contribution < -0.4 is 0 Å². The third-order valence-electron chi connectivity index (χ3n) is 2.23. The summed E-state index contributed by atoms with van der Waals surface area (Å²) < 4.78 is -0.134. The van der Waals surface area contributed by atoms with E-state index in [1.807, 2.05) is 51.1 Å². The van der Waals surface area contributed by atoms with Crippen LogP contribution in [-0.4, -0.2) is 21.1 Å². The number of thioether (sulfide) groups is 1. The van der Waals surface area contributed by atoms with Crippen molar-refractivity contribution in [2.75, 3.05) is 0 Å². The maximum Gasteiger partial charge on any atom is 0.217 e. The van der Waals surface area contributed by atoms with Crippen molar-refractivity contribution in [3.8, 4) is 0 Å². The first-order valence-electron chi connectivity index (χ1n) is 5.83. The van der Waals surface area contributed by atoms with Crippen LogP contribution in [0.5, 0.6) is 0 Å². The molecule has 1 N–H and O–H groups in total. The highest BCUT2D eigenvalue weighted by Crippen LogP contribution is 2.26. The smallest absolute Gasteiger partial charge is 0.217 e. The summed E-state index contributed by atoms with van der Waals surface area (Å²) >= 11 is 1.21. The van der Waals surface area contributed by atoms with Crippen molar-refractivity contribution in [2.45, 2.75) is 44.5 Å². The minimum absolute atomic E-state index is 0.131. The molecule has 0 heterocycles. The monoisotopic (exact) mass is 252 g/mol. The van der Waals surface area contributed by atoms with Gasteiger partial charge in [-0.2, -0.15) is 0 Å². The van der Waals surface area contributed by atoms with E-state index in [4.69, 9.17) is 0 Å². The van der Waals surface area contributed by atoms with Gasteiger partial charge < -0.3 is 5.11 Å². The molecule has 2 nitrogen and oxygen atoms in total. The third kappa shape index (κ3) is 5.89. The van der Waals surface area contributed by atoms with E-state index in [2.05, 4.69) is 0 Å². The highest BCUT2D eigenvalue weighted by atomic mass is 32.2. The molecule has 94 valence electrons. The fraction of sp³-hybridized carbons (Fsp3) is 0.500. The van der Waals surface area contributed by atoms with Gasteiger partial charge in [-0.1, -0.05) is 62.9 Å². The predicted molar refractivity (Wildman–Crippen MR) is 73.1 cm³/mol. The molecule has 0 aliphatic heterocycles. The van der Waals surface area contributed by atoms with Gasteiger partial charge in [0.1, 0.15) is 6.10 Å². The summed E-state index contributed by atoms with van der Waals surface area (Å²) in [6.07, 6.45) is 0.365. The first-order chi connectivity index (χ1) is 7.88. The number of rotatable bonds is 4. The lowest BCUT2D eigenvalue weighted by Gasteiger charge is -2.18. The van der Waals surface area contributed by atoms with E-state index in [1.54, 1.807) is 0 Å². The molecule has 0 aromatic heterocycles. The summed E-state index contributed by atoms with van der Waals surface area (Å²) in [7, 11) is 0. The second kappa shape index (κ2) is 6.22. The summed E-state index contributed by atoms with van der Waals surface area (Å²) in [6.45, 7) is 5.92. The molecule has 0 saturated carbocycles. The lowest BCUT2D eigenvalue weighted by atomic mass is 10.1. The second-order valence-corrected chi connectivity index (χ2v) is 6.90. The maximum atomic E-state index is 11.7. The molecule has 1 aromatic carbocycles. The van der Waals surface area contributed by atoms with Crippen molar-refractivity contribution in [1.82, 2.24) is 0 Å². The van der Waals surface area contributed by atoms with Crippen LogP contribution in [0.25, 0.3) is 0 Å². The molecule has 0 spiro atoms. The molecule has 1 atom stereocenters. The third-order valence-corrected chi connectivity index (χ3v) is 3.31. The average Bonchev–Trinajstić information content (AvgIpc) is 2.25. The fourth-order valence-corrected chi connectivity index (χ4v) is 2.29. The van der Waals surface area contributed by atoms with Gasteiger partial charge in [-0.3, -0.25) is 4.79 Å². The van der Waals surface area contributed by atoms with Crippen LogP contribution in [0.15, 0.2) is 30.3 Å². The van der Waals surface area contributed by atoms with Gasteiger partial charge in [-0.15, -0.1) is 0 Å². The zero-order valence-corrected chi connectivity index (χ0v) is 11.5. The zero-order chi connectivity index (χ0) is 12.9. The number of aliphatic hydroxyl groups excluding tert-OH is 1. The SMILES string of the molecule is CC(C)(C)SC(=O)C(O)CCc1ccccc1. The van der Waals surface area contributed by atoms with Crippen molar-refractivity contribution < 1.29 is 9.90 Å². The molecule has 0 radical (unpaired) electrons. The lowest BCUT2D eigenvalue weighted by molar-refractivity contribution is -0.118. The van der Waals surface area contributed by atoms with Gasteiger partial charge in [-0.05, 0) is 18.4 Å². The average molecular weight is 252 g/mol. The number of benzene rings is 1. The Kier molecular flexibility index (Phi) is 5.22. The van der Waals surface area contributed by atoms with E-state index in [0.29, 0.717) is 6.42 Å². The Balaban J connectivity index is 2.40. The molecule has 1 aromatic rings. The summed E-state index contributed by atoms with van der Waals surface area (Å²) in [6, 6.07) is 9.91. The lowest BCUT2D eigenvalue weighted by Crippen LogP contribution is -2.23. The van der Waals surface area contributed by atoms with Gasteiger partial charge in [0.2, 0.25) is 5.12 Å². The van der Waals surface area contributed by atoms with Crippen molar-refractivity contribution in [3.63, 3.8) is 0 Å². The molecular formula is C14H20O2S. The first kappa shape index (κ1) is 14.3. The molecule has 0 bridgehead atoms. The number of aliphatic hydroxyl groups is 1. The van der Waals surface area contributed by atoms with Crippen LogP contribution in [0.2, 0.25) is 0 Å². The Bertz CT molecular complexity index is 354. The Morgan fingerprint density at radius 2 is 1.88 bits per heavy atom. The molecule has 0 saturated heterocycles. The Morgan fingerprint density at radius 3 is 2.41 bits per heavy atom. The number of hydrogen-bond acceptors (Lipinski definition) is 3. The molecule has 0 fully saturated rings. The molecule has 0 amide bonds. The molecule has 3 heteroatoms. The van der Waals surface area contributed by atoms with E-state index in [0.717, 1.165) is 12.0 Å².